The van der Waals surface area contributed by atoms with E-state index in [9.17, 15) is 14.7 Å². The largest absolute Gasteiger partial charge is 2.00 e. The number of carbonyl (C=O) groups is 2. The molecule has 3 aromatic rings. The van der Waals surface area contributed by atoms with Gasteiger partial charge in [0.05, 0.1) is 7.11 Å². The van der Waals surface area contributed by atoms with Crippen molar-refractivity contribution in [2.45, 2.75) is 80.2 Å². The molecule has 51 heavy (non-hydrogen) atoms. The number of aliphatic hydroxyl groups excluding tert-OH is 1. The van der Waals surface area contributed by atoms with Gasteiger partial charge in [-0.3, -0.25) is 9.59 Å². The summed E-state index contributed by atoms with van der Waals surface area (Å²) in [6, 6.07) is -0.564. The van der Waals surface area contributed by atoms with Crippen LogP contribution in [0.4, 0.5) is 0 Å². The summed E-state index contributed by atoms with van der Waals surface area (Å²) in [5, 5.41) is 19.7. The third-order valence-corrected chi connectivity index (χ3v) is 10.9. The molecule has 9 nitrogen and oxygen atoms in total. The molecular formula is C41H46MgN4O5-2. The van der Waals surface area contributed by atoms with Crippen LogP contribution in [0.2, 0.25) is 0 Å². The molecule has 1 N–H and O–H groups in total. The Kier molecular flexibility index (Phi) is 11.4. The molecule has 1 aliphatic carbocycles. The summed E-state index contributed by atoms with van der Waals surface area (Å²) in [6.45, 7) is 18.6. The van der Waals surface area contributed by atoms with E-state index in [1.165, 1.54) is 7.11 Å². The van der Waals surface area contributed by atoms with Crippen molar-refractivity contribution in [2.75, 3.05) is 13.7 Å². The number of rotatable bonds is 9. The summed E-state index contributed by atoms with van der Waals surface area (Å²) in [4.78, 5) is 41.6. The number of esters is 2. The Hall–Kier alpha value is -4.15. The van der Waals surface area contributed by atoms with Crippen LogP contribution in [-0.2, 0) is 25.5 Å². The monoisotopic (exact) mass is 698 g/mol. The quantitative estimate of drug-likeness (QED) is 0.204. The van der Waals surface area contributed by atoms with E-state index < -0.39 is 17.9 Å². The number of aliphatic hydroxyl groups is 1. The molecule has 1 fully saturated rings. The topological polar surface area (TPSA) is 129 Å². The molecule has 1 saturated heterocycles. The molecule has 264 valence electrons. The van der Waals surface area contributed by atoms with Crippen molar-refractivity contribution in [1.82, 2.24) is 15.0 Å². The van der Waals surface area contributed by atoms with E-state index in [0.717, 1.165) is 74.0 Å². The minimum absolute atomic E-state index is 0. The summed E-state index contributed by atoms with van der Waals surface area (Å²) >= 11 is 0. The summed E-state index contributed by atoms with van der Waals surface area (Å²) < 4.78 is 10.8. The minimum Gasteiger partial charge on any atom is -0.681 e. The van der Waals surface area contributed by atoms with Crippen LogP contribution in [0.1, 0.15) is 91.9 Å². The van der Waals surface area contributed by atoms with E-state index in [0.29, 0.717) is 28.3 Å². The Morgan fingerprint density at radius 1 is 0.980 bits per heavy atom. The maximum atomic E-state index is 13.5. The van der Waals surface area contributed by atoms with Gasteiger partial charge in [0.25, 0.3) is 0 Å². The fourth-order valence-electron chi connectivity index (χ4n) is 7.69. The fraction of sp³-hybridized carbons (Fsp3) is 0.415. The van der Waals surface area contributed by atoms with Crippen LogP contribution in [0.15, 0.2) is 23.9 Å². The van der Waals surface area contributed by atoms with Crippen LogP contribution in [0.5, 0.6) is 0 Å². The third kappa shape index (κ3) is 6.68. The van der Waals surface area contributed by atoms with Gasteiger partial charge < -0.3 is 34.8 Å². The van der Waals surface area contributed by atoms with Crippen molar-refractivity contribution in [3.63, 3.8) is 0 Å². The van der Waals surface area contributed by atoms with Gasteiger partial charge in [-0.25, -0.2) is 0 Å². The van der Waals surface area contributed by atoms with E-state index in [4.69, 9.17) is 29.7 Å². The fourth-order valence-corrected chi connectivity index (χ4v) is 7.69. The Labute approximate surface area is 315 Å². The molecule has 0 aromatic carbocycles. The molecule has 0 saturated carbocycles. The number of carbonyl (C=O) groups excluding carboxylic acids is 2. The standard InChI is InChI=1S/C41H46N4O5.Mg/c1-10-20(4)15-16-50-34(46)14-13-27-23(7)30-17-28-21(5)25(11-2)32(42-28)18-29-22(6)26(12-3)33(43-29)19-31-24(8)35-39(45-31)36(38(27)44-30)37(40(35)47)41(48)49-9;/h11,15,17-19,23,27,37-38,47H,2,10,12-14,16H2,1,3-9H3;/q-4;+2/b20-15+,29-18-,30-17-,33-19-;/t23-,27-,37+,38?;/m0./s1. The first-order valence-electron chi connectivity index (χ1n) is 17.5. The molecule has 0 amide bonds. The molecule has 3 aromatic heterocycles. The smallest absolute Gasteiger partial charge is 0.681 e. The van der Waals surface area contributed by atoms with Crippen LogP contribution in [0.25, 0.3) is 41.0 Å². The van der Waals surface area contributed by atoms with Crippen molar-refractivity contribution in [3.8, 4) is 0 Å². The number of nitrogens with zero attached hydrogens (tertiary/aromatic N) is 4. The van der Waals surface area contributed by atoms with Gasteiger partial charge in [0.15, 0.2) is 0 Å². The number of hydrogen-bond acceptors (Lipinski definition) is 5. The molecular weight excluding hydrogens is 653 g/mol. The maximum absolute atomic E-state index is 13.5. The zero-order valence-electron chi connectivity index (χ0n) is 31.0. The molecule has 1 unspecified atom stereocenters. The van der Waals surface area contributed by atoms with Crippen molar-refractivity contribution in [3.05, 3.63) is 95.4 Å². The zero-order valence-corrected chi connectivity index (χ0v) is 32.4. The minimum atomic E-state index is -1.06. The van der Waals surface area contributed by atoms with Gasteiger partial charge in [0.1, 0.15) is 18.3 Å². The summed E-state index contributed by atoms with van der Waals surface area (Å²) in [6.07, 6.45) is 12.0. The molecule has 6 rings (SSSR count). The number of fused-ring (bicyclic) bond motifs is 8. The summed E-state index contributed by atoms with van der Waals surface area (Å²) in [5.74, 6) is -2.35. The normalized spacial score (nSPS) is 22.9. The van der Waals surface area contributed by atoms with Crippen molar-refractivity contribution >= 4 is 70.6 Å². The summed E-state index contributed by atoms with van der Waals surface area (Å²) in [5.41, 5.74) is 9.60. The van der Waals surface area contributed by atoms with Gasteiger partial charge in [-0.15, -0.1) is 33.1 Å². The van der Waals surface area contributed by atoms with Gasteiger partial charge in [0.2, 0.25) is 0 Å². The second-order valence-electron chi connectivity index (χ2n) is 13.6. The van der Waals surface area contributed by atoms with Crippen LogP contribution in [0.3, 0.4) is 0 Å². The van der Waals surface area contributed by atoms with Crippen LogP contribution in [-0.4, -0.2) is 59.9 Å². The number of ether oxygens (including phenoxy) is 2. The molecule has 4 atom stereocenters. The second kappa shape index (κ2) is 15.2. The number of methoxy groups -OCH3 is 1. The van der Waals surface area contributed by atoms with E-state index in [1.807, 2.05) is 51.2 Å². The molecule has 5 heterocycles. The van der Waals surface area contributed by atoms with E-state index >= 15 is 0 Å². The van der Waals surface area contributed by atoms with E-state index in [1.54, 1.807) is 0 Å². The zero-order chi connectivity index (χ0) is 36.0. The molecule has 2 aliphatic heterocycles. The van der Waals surface area contributed by atoms with Crippen LogP contribution in [0, 0.1) is 38.5 Å². The number of allylic oxidation sites excluding steroid dienone is 2. The Bertz CT molecular complexity index is 2210. The average molecular weight is 699 g/mol. The number of hydrogen-bond donors (Lipinski definition) is 1. The van der Waals surface area contributed by atoms with Crippen molar-refractivity contribution < 1.29 is 24.2 Å². The van der Waals surface area contributed by atoms with Gasteiger partial charge in [-0.1, -0.05) is 91.1 Å². The van der Waals surface area contributed by atoms with Crippen molar-refractivity contribution in [2.24, 2.45) is 17.8 Å². The Balaban J connectivity index is 0.00000504. The SMILES string of the molecule is C=Cc1c2[n-]c(c1C)/C=C1\[N-]C(C3=c4[n-]c(c(C)c4=C(O)[C@@H]3C(=O)OC)/C=c3\[n-]/c(c(C)c3CC)=C\2)[C@@H](CCC(=O)OC/C=C(\C)CC)[C@@H]1C.[Mg+2]. The van der Waals surface area contributed by atoms with Crippen LogP contribution >= 0.6 is 0 Å². The predicted molar refractivity (Wildman–Crippen MR) is 201 cm³/mol. The maximum Gasteiger partial charge on any atom is 2.00 e. The summed E-state index contributed by atoms with van der Waals surface area (Å²) in [7, 11) is 1.32. The molecule has 8 bridgehead atoms. The molecule has 3 aliphatic rings. The average Bonchev–Trinajstić information content (AvgIpc) is 3.84. The van der Waals surface area contributed by atoms with Gasteiger partial charge in [-0.05, 0) is 70.4 Å². The van der Waals surface area contributed by atoms with E-state index in [2.05, 4.69) is 34.3 Å². The molecule has 10 heteroatoms. The molecule has 0 spiro atoms. The Morgan fingerprint density at radius 3 is 2.35 bits per heavy atom. The molecule has 0 radical (unpaired) electrons. The second-order valence-corrected chi connectivity index (χ2v) is 13.6. The van der Waals surface area contributed by atoms with Gasteiger partial charge in [-0.2, -0.15) is 5.70 Å². The third-order valence-electron chi connectivity index (χ3n) is 10.9. The first-order chi connectivity index (χ1) is 23.9. The van der Waals surface area contributed by atoms with Crippen LogP contribution < -0.4 is 36.2 Å². The predicted octanol–water partition coefficient (Wildman–Crippen LogP) is 3.63. The van der Waals surface area contributed by atoms with Gasteiger partial charge in [0, 0.05) is 11.6 Å². The number of aromatic nitrogens is 3. The Morgan fingerprint density at radius 2 is 1.69 bits per heavy atom. The van der Waals surface area contributed by atoms with Gasteiger partial charge >= 0.3 is 35.0 Å². The first kappa shape index (κ1) is 38.1. The first-order valence-corrected chi connectivity index (χ1v) is 17.5. The van der Waals surface area contributed by atoms with E-state index in [-0.39, 0.29) is 59.6 Å². The van der Waals surface area contributed by atoms with Crippen molar-refractivity contribution in [1.29, 1.82) is 0 Å².